The summed E-state index contributed by atoms with van der Waals surface area (Å²) in [6, 6.07) is 9.87. The number of benzene rings is 1. The zero-order valence-electron chi connectivity index (χ0n) is 9.37. The van der Waals surface area contributed by atoms with Crippen LogP contribution in [0.5, 0.6) is 0 Å². The lowest BCUT2D eigenvalue weighted by Crippen LogP contribution is -2.00. The van der Waals surface area contributed by atoms with E-state index in [-0.39, 0.29) is 0 Å². The minimum absolute atomic E-state index is 0.646. The molecular formula is C13H12N2OS. The van der Waals surface area contributed by atoms with Gasteiger partial charge in [0, 0.05) is 12.4 Å². The van der Waals surface area contributed by atoms with Crippen LogP contribution < -0.4 is 0 Å². The van der Waals surface area contributed by atoms with Gasteiger partial charge in [-0.05, 0) is 28.5 Å². The van der Waals surface area contributed by atoms with Gasteiger partial charge in [-0.2, -0.15) is 16.4 Å². The van der Waals surface area contributed by atoms with Crippen LogP contribution in [0.3, 0.4) is 0 Å². The number of rotatable bonds is 2. The molecule has 1 N–H and O–H groups in total. The van der Waals surface area contributed by atoms with E-state index in [2.05, 4.69) is 5.10 Å². The lowest BCUT2D eigenvalue weighted by Gasteiger charge is -2.05. The normalized spacial score (nSPS) is 13.1. The molecule has 0 saturated heterocycles. The van der Waals surface area contributed by atoms with Gasteiger partial charge < -0.3 is 5.11 Å². The Labute approximate surface area is 103 Å². The first kappa shape index (κ1) is 10.5. The number of hydrogen-bond donors (Lipinski definition) is 1. The average molecular weight is 244 g/mol. The van der Waals surface area contributed by atoms with Crippen molar-refractivity contribution in [1.29, 1.82) is 0 Å². The topological polar surface area (TPSA) is 38.0 Å². The van der Waals surface area contributed by atoms with Crippen LogP contribution in [0.4, 0.5) is 0 Å². The van der Waals surface area contributed by atoms with Gasteiger partial charge in [-0.3, -0.25) is 4.68 Å². The van der Waals surface area contributed by atoms with Gasteiger partial charge in [0.05, 0.1) is 5.52 Å². The fourth-order valence-corrected chi connectivity index (χ4v) is 2.71. The Kier molecular flexibility index (Phi) is 2.46. The maximum atomic E-state index is 10.3. The van der Waals surface area contributed by atoms with Crippen LogP contribution in [0.2, 0.25) is 0 Å². The van der Waals surface area contributed by atoms with Crippen LogP contribution >= 0.6 is 11.3 Å². The lowest BCUT2D eigenvalue weighted by atomic mass is 10.1. The molecule has 1 aromatic carbocycles. The number of aromatic nitrogens is 2. The molecule has 0 radical (unpaired) electrons. The Balaban J connectivity index is 2.18. The molecular weight excluding hydrogens is 232 g/mol. The van der Waals surface area contributed by atoms with Crippen molar-refractivity contribution in [3.63, 3.8) is 0 Å². The van der Waals surface area contributed by atoms with Gasteiger partial charge in [-0.15, -0.1) is 0 Å². The fourth-order valence-electron chi connectivity index (χ4n) is 2.03. The Morgan fingerprint density at radius 2 is 2.12 bits per heavy atom. The van der Waals surface area contributed by atoms with Crippen LogP contribution in [0.15, 0.2) is 41.1 Å². The van der Waals surface area contributed by atoms with E-state index in [1.165, 1.54) is 0 Å². The van der Waals surface area contributed by atoms with E-state index < -0.39 is 6.10 Å². The molecule has 3 rings (SSSR count). The highest BCUT2D eigenvalue weighted by atomic mass is 32.1. The smallest absolute Gasteiger partial charge is 0.124 e. The molecule has 0 saturated carbocycles. The van der Waals surface area contributed by atoms with Crippen molar-refractivity contribution in [1.82, 2.24) is 9.78 Å². The van der Waals surface area contributed by atoms with Crippen LogP contribution in [0.1, 0.15) is 17.4 Å². The molecule has 1 unspecified atom stereocenters. The van der Waals surface area contributed by atoms with Crippen molar-refractivity contribution in [2.45, 2.75) is 6.10 Å². The minimum Gasteiger partial charge on any atom is -0.382 e. The third-order valence-electron chi connectivity index (χ3n) is 2.90. The highest BCUT2D eigenvalue weighted by Crippen LogP contribution is 2.28. The standard InChI is InChI=1S/C13H12N2OS/c1-15-11-5-3-2-4-10(11)12(14-15)13(16)9-6-7-17-8-9/h2-8,13,16H,1H3. The van der Waals surface area contributed by atoms with Gasteiger partial charge >= 0.3 is 0 Å². The molecule has 0 aliphatic heterocycles. The van der Waals surface area contributed by atoms with Crippen molar-refractivity contribution in [2.24, 2.45) is 7.05 Å². The molecule has 3 aromatic rings. The monoisotopic (exact) mass is 244 g/mol. The number of para-hydroxylation sites is 1. The second-order valence-corrected chi connectivity index (χ2v) is 4.77. The summed E-state index contributed by atoms with van der Waals surface area (Å²) in [6.07, 6.45) is -0.646. The molecule has 86 valence electrons. The molecule has 0 aliphatic rings. The van der Waals surface area contributed by atoms with E-state index in [0.717, 1.165) is 22.2 Å². The molecule has 0 amide bonds. The molecule has 0 bridgehead atoms. The zero-order valence-corrected chi connectivity index (χ0v) is 10.2. The Hall–Kier alpha value is -1.65. The largest absolute Gasteiger partial charge is 0.382 e. The quantitative estimate of drug-likeness (QED) is 0.752. The number of aryl methyl sites for hydroxylation is 1. The minimum atomic E-state index is -0.646. The Bertz CT molecular complexity index is 643. The van der Waals surface area contributed by atoms with E-state index in [4.69, 9.17) is 0 Å². The zero-order chi connectivity index (χ0) is 11.8. The van der Waals surface area contributed by atoms with Crippen LogP contribution in [-0.2, 0) is 7.05 Å². The summed E-state index contributed by atoms with van der Waals surface area (Å²) in [5.74, 6) is 0. The highest BCUT2D eigenvalue weighted by molar-refractivity contribution is 7.07. The van der Waals surface area contributed by atoms with E-state index in [1.54, 1.807) is 16.0 Å². The molecule has 0 spiro atoms. The van der Waals surface area contributed by atoms with Gasteiger partial charge in [0.15, 0.2) is 0 Å². The van der Waals surface area contributed by atoms with Crippen molar-refractivity contribution in [3.05, 3.63) is 52.3 Å². The predicted molar refractivity (Wildman–Crippen MR) is 69.1 cm³/mol. The molecule has 4 heteroatoms. The summed E-state index contributed by atoms with van der Waals surface area (Å²) in [7, 11) is 1.90. The number of aliphatic hydroxyl groups is 1. The second kappa shape index (κ2) is 3.98. The third kappa shape index (κ3) is 1.66. The fraction of sp³-hybridized carbons (Fsp3) is 0.154. The molecule has 0 fully saturated rings. The number of aliphatic hydroxyl groups excluding tert-OH is 1. The van der Waals surface area contributed by atoms with Crippen LogP contribution in [-0.4, -0.2) is 14.9 Å². The first-order chi connectivity index (χ1) is 8.27. The predicted octanol–water partition coefficient (Wildman–Crippen LogP) is 2.72. The molecule has 3 nitrogen and oxygen atoms in total. The van der Waals surface area contributed by atoms with Crippen molar-refractivity contribution in [3.8, 4) is 0 Å². The maximum Gasteiger partial charge on any atom is 0.124 e. The number of thiophene rings is 1. The second-order valence-electron chi connectivity index (χ2n) is 3.99. The average Bonchev–Trinajstić information content (AvgIpc) is 2.97. The number of fused-ring (bicyclic) bond motifs is 1. The van der Waals surface area contributed by atoms with Crippen molar-refractivity contribution in [2.75, 3.05) is 0 Å². The maximum absolute atomic E-state index is 10.3. The summed E-state index contributed by atoms with van der Waals surface area (Å²) in [4.78, 5) is 0. The Morgan fingerprint density at radius 3 is 2.88 bits per heavy atom. The SMILES string of the molecule is Cn1nc(C(O)c2ccsc2)c2ccccc21. The summed E-state index contributed by atoms with van der Waals surface area (Å²) in [5, 5.41) is 19.7. The summed E-state index contributed by atoms with van der Waals surface area (Å²) in [6.45, 7) is 0. The summed E-state index contributed by atoms with van der Waals surface area (Å²) < 4.78 is 1.81. The summed E-state index contributed by atoms with van der Waals surface area (Å²) in [5.41, 5.74) is 2.66. The molecule has 1 atom stereocenters. The van der Waals surface area contributed by atoms with Gasteiger partial charge in [-0.25, -0.2) is 0 Å². The molecule has 2 heterocycles. The van der Waals surface area contributed by atoms with Crippen molar-refractivity contribution < 1.29 is 5.11 Å². The molecule has 2 aromatic heterocycles. The van der Waals surface area contributed by atoms with Gasteiger partial charge in [0.25, 0.3) is 0 Å². The van der Waals surface area contributed by atoms with Gasteiger partial charge in [-0.1, -0.05) is 18.2 Å². The van der Waals surface area contributed by atoms with E-state index >= 15 is 0 Å². The van der Waals surface area contributed by atoms with Gasteiger partial charge in [0.2, 0.25) is 0 Å². The highest BCUT2D eigenvalue weighted by Gasteiger charge is 2.18. The first-order valence-corrected chi connectivity index (χ1v) is 6.33. The van der Waals surface area contributed by atoms with E-state index in [0.29, 0.717) is 0 Å². The number of hydrogen-bond acceptors (Lipinski definition) is 3. The van der Waals surface area contributed by atoms with Gasteiger partial charge in [0.1, 0.15) is 11.8 Å². The van der Waals surface area contributed by atoms with E-state index in [1.807, 2.05) is 48.1 Å². The third-order valence-corrected chi connectivity index (χ3v) is 3.61. The lowest BCUT2D eigenvalue weighted by molar-refractivity contribution is 0.216. The van der Waals surface area contributed by atoms with Crippen molar-refractivity contribution >= 4 is 22.2 Å². The van der Waals surface area contributed by atoms with E-state index in [9.17, 15) is 5.11 Å². The Morgan fingerprint density at radius 1 is 1.29 bits per heavy atom. The number of nitrogens with zero attached hydrogens (tertiary/aromatic N) is 2. The van der Waals surface area contributed by atoms with Crippen LogP contribution in [0, 0.1) is 0 Å². The first-order valence-electron chi connectivity index (χ1n) is 5.39. The summed E-state index contributed by atoms with van der Waals surface area (Å²) >= 11 is 1.58. The van der Waals surface area contributed by atoms with Crippen LogP contribution in [0.25, 0.3) is 10.9 Å². The molecule has 17 heavy (non-hydrogen) atoms. The molecule has 0 aliphatic carbocycles.